The Hall–Kier alpha value is -1.92. The SMILES string of the molecule is O=C(O)[C@@H]1CCCN1C(=O)CCc1nc(C2CC2)no1. The number of carboxylic acid groups (broad SMARTS) is 1. The average molecular weight is 279 g/mol. The summed E-state index contributed by atoms with van der Waals surface area (Å²) in [6.07, 6.45) is 4.08. The molecule has 1 saturated heterocycles. The number of carbonyl (C=O) groups is 2. The number of nitrogens with zero attached hydrogens (tertiary/aromatic N) is 3. The molecule has 0 radical (unpaired) electrons. The Morgan fingerprint density at radius 2 is 2.15 bits per heavy atom. The number of likely N-dealkylation sites (tertiary alicyclic amines) is 1. The van der Waals surface area contributed by atoms with Gasteiger partial charge in [-0.25, -0.2) is 4.79 Å². The number of aliphatic carboxylic acids is 1. The van der Waals surface area contributed by atoms with E-state index < -0.39 is 12.0 Å². The van der Waals surface area contributed by atoms with Gasteiger partial charge in [0, 0.05) is 25.3 Å². The molecule has 1 aromatic rings. The van der Waals surface area contributed by atoms with Crippen LogP contribution in [0.3, 0.4) is 0 Å². The van der Waals surface area contributed by atoms with Crippen LogP contribution < -0.4 is 0 Å². The monoisotopic (exact) mass is 279 g/mol. The number of hydrogen-bond acceptors (Lipinski definition) is 5. The van der Waals surface area contributed by atoms with Crippen molar-refractivity contribution in [1.29, 1.82) is 0 Å². The average Bonchev–Trinajstić information content (AvgIpc) is 2.98. The summed E-state index contributed by atoms with van der Waals surface area (Å²) < 4.78 is 5.11. The molecule has 2 fully saturated rings. The van der Waals surface area contributed by atoms with Gasteiger partial charge < -0.3 is 14.5 Å². The highest BCUT2D eigenvalue weighted by atomic mass is 16.5. The highest BCUT2D eigenvalue weighted by molar-refractivity contribution is 5.84. The molecule has 0 aromatic carbocycles. The summed E-state index contributed by atoms with van der Waals surface area (Å²) in [6.45, 7) is 0.521. The molecule has 1 aliphatic heterocycles. The Morgan fingerprint density at radius 1 is 1.35 bits per heavy atom. The van der Waals surface area contributed by atoms with Gasteiger partial charge >= 0.3 is 5.97 Å². The summed E-state index contributed by atoms with van der Waals surface area (Å²) >= 11 is 0. The van der Waals surface area contributed by atoms with E-state index >= 15 is 0 Å². The molecule has 7 heteroatoms. The Bertz CT molecular complexity index is 523. The second-order valence-electron chi connectivity index (χ2n) is 5.40. The Labute approximate surface area is 115 Å². The number of aryl methyl sites for hydroxylation is 1. The molecule has 1 atom stereocenters. The van der Waals surface area contributed by atoms with Gasteiger partial charge in [-0.05, 0) is 25.7 Å². The molecule has 0 spiro atoms. The van der Waals surface area contributed by atoms with Crippen LogP contribution >= 0.6 is 0 Å². The molecule has 108 valence electrons. The lowest BCUT2D eigenvalue weighted by molar-refractivity contribution is -0.148. The van der Waals surface area contributed by atoms with Gasteiger partial charge in [0.1, 0.15) is 6.04 Å². The zero-order chi connectivity index (χ0) is 14.1. The van der Waals surface area contributed by atoms with Crippen LogP contribution in [0, 0.1) is 0 Å². The van der Waals surface area contributed by atoms with Gasteiger partial charge in [-0.3, -0.25) is 4.79 Å². The Balaban J connectivity index is 1.54. The predicted molar refractivity (Wildman–Crippen MR) is 67.0 cm³/mol. The summed E-state index contributed by atoms with van der Waals surface area (Å²) in [6, 6.07) is -0.674. The van der Waals surface area contributed by atoms with Crippen molar-refractivity contribution >= 4 is 11.9 Å². The van der Waals surface area contributed by atoms with Gasteiger partial charge in [-0.2, -0.15) is 4.98 Å². The largest absolute Gasteiger partial charge is 0.480 e. The molecule has 1 N–H and O–H groups in total. The third kappa shape index (κ3) is 2.66. The van der Waals surface area contributed by atoms with Crippen molar-refractivity contribution in [2.24, 2.45) is 0 Å². The molecular formula is C13H17N3O4. The van der Waals surface area contributed by atoms with E-state index in [9.17, 15) is 9.59 Å². The van der Waals surface area contributed by atoms with Crippen LogP contribution in [0.2, 0.25) is 0 Å². The fraction of sp³-hybridized carbons (Fsp3) is 0.692. The summed E-state index contributed by atoms with van der Waals surface area (Å²) in [7, 11) is 0. The van der Waals surface area contributed by atoms with Crippen LogP contribution in [0.4, 0.5) is 0 Å². The lowest BCUT2D eigenvalue weighted by Gasteiger charge is -2.20. The Kier molecular flexibility index (Phi) is 3.42. The van der Waals surface area contributed by atoms with Crippen molar-refractivity contribution in [3.8, 4) is 0 Å². The van der Waals surface area contributed by atoms with Crippen LogP contribution in [0.15, 0.2) is 4.52 Å². The first-order valence-electron chi connectivity index (χ1n) is 7.00. The van der Waals surface area contributed by atoms with Crippen molar-refractivity contribution < 1.29 is 19.2 Å². The lowest BCUT2D eigenvalue weighted by atomic mass is 10.2. The van der Waals surface area contributed by atoms with Crippen molar-refractivity contribution in [1.82, 2.24) is 15.0 Å². The van der Waals surface area contributed by atoms with Gasteiger partial charge in [0.15, 0.2) is 5.82 Å². The molecule has 1 amide bonds. The molecule has 2 heterocycles. The minimum absolute atomic E-state index is 0.152. The van der Waals surface area contributed by atoms with E-state index in [0.29, 0.717) is 31.2 Å². The van der Waals surface area contributed by atoms with Crippen LogP contribution in [-0.4, -0.2) is 44.6 Å². The zero-order valence-corrected chi connectivity index (χ0v) is 11.1. The minimum atomic E-state index is -0.926. The van der Waals surface area contributed by atoms with E-state index in [2.05, 4.69) is 10.1 Å². The van der Waals surface area contributed by atoms with Crippen LogP contribution in [0.25, 0.3) is 0 Å². The van der Waals surface area contributed by atoms with Crippen LogP contribution in [0.5, 0.6) is 0 Å². The standard InChI is InChI=1S/C13H17N3O4/c17-11(16-7-1-2-9(16)13(18)19)6-5-10-14-12(15-20-10)8-3-4-8/h8-9H,1-7H2,(H,18,19)/t9-/m0/s1. The highest BCUT2D eigenvalue weighted by Gasteiger charge is 2.34. The molecule has 20 heavy (non-hydrogen) atoms. The quantitative estimate of drug-likeness (QED) is 0.862. The molecule has 7 nitrogen and oxygen atoms in total. The highest BCUT2D eigenvalue weighted by Crippen LogP contribution is 2.38. The Morgan fingerprint density at radius 3 is 2.85 bits per heavy atom. The molecular weight excluding hydrogens is 262 g/mol. The maximum Gasteiger partial charge on any atom is 0.326 e. The maximum atomic E-state index is 12.1. The summed E-state index contributed by atoms with van der Waals surface area (Å²) in [5, 5.41) is 12.9. The third-order valence-electron chi connectivity index (χ3n) is 3.84. The molecule has 1 aliphatic carbocycles. The fourth-order valence-corrected chi connectivity index (χ4v) is 2.56. The molecule has 0 bridgehead atoms. The van der Waals surface area contributed by atoms with Gasteiger partial charge in [-0.1, -0.05) is 5.16 Å². The third-order valence-corrected chi connectivity index (χ3v) is 3.84. The summed E-state index contributed by atoms with van der Waals surface area (Å²) in [5.74, 6) is 0.548. The number of aromatic nitrogens is 2. The first kappa shape index (κ1) is 13.1. The zero-order valence-electron chi connectivity index (χ0n) is 11.1. The lowest BCUT2D eigenvalue weighted by Crippen LogP contribution is -2.40. The van der Waals surface area contributed by atoms with E-state index in [1.807, 2.05) is 0 Å². The molecule has 2 aliphatic rings. The van der Waals surface area contributed by atoms with Gasteiger partial charge in [0.25, 0.3) is 0 Å². The van der Waals surface area contributed by atoms with Crippen molar-refractivity contribution in [2.45, 2.75) is 50.5 Å². The van der Waals surface area contributed by atoms with Crippen LogP contribution in [-0.2, 0) is 16.0 Å². The summed E-state index contributed by atoms with van der Waals surface area (Å²) in [5.41, 5.74) is 0. The van der Waals surface area contributed by atoms with Gasteiger partial charge in [0.05, 0.1) is 0 Å². The summed E-state index contributed by atoms with van der Waals surface area (Å²) in [4.78, 5) is 28.8. The van der Waals surface area contributed by atoms with Crippen molar-refractivity contribution in [2.75, 3.05) is 6.54 Å². The van der Waals surface area contributed by atoms with E-state index in [4.69, 9.17) is 9.63 Å². The number of carbonyl (C=O) groups excluding carboxylic acids is 1. The van der Waals surface area contributed by atoms with E-state index in [1.54, 1.807) is 0 Å². The number of hydrogen-bond donors (Lipinski definition) is 1. The van der Waals surface area contributed by atoms with Gasteiger partial charge in [-0.15, -0.1) is 0 Å². The van der Waals surface area contributed by atoms with Crippen molar-refractivity contribution in [3.63, 3.8) is 0 Å². The fourth-order valence-electron chi connectivity index (χ4n) is 2.56. The number of carboxylic acids is 1. The topological polar surface area (TPSA) is 96.5 Å². The van der Waals surface area contributed by atoms with Crippen molar-refractivity contribution in [3.05, 3.63) is 11.7 Å². The van der Waals surface area contributed by atoms with E-state index in [0.717, 1.165) is 25.1 Å². The first-order chi connectivity index (χ1) is 9.65. The maximum absolute atomic E-state index is 12.1. The predicted octanol–water partition coefficient (Wildman–Crippen LogP) is 0.955. The van der Waals surface area contributed by atoms with Crippen LogP contribution in [0.1, 0.15) is 49.7 Å². The second-order valence-corrected chi connectivity index (χ2v) is 5.40. The number of rotatable bonds is 5. The molecule has 0 unspecified atom stereocenters. The first-order valence-corrected chi connectivity index (χ1v) is 7.00. The van der Waals surface area contributed by atoms with E-state index in [1.165, 1.54) is 4.90 Å². The molecule has 3 rings (SSSR count). The smallest absolute Gasteiger partial charge is 0.326 e. The molecule has 1 saturated carbocycles. The minimum Gasteiger partial charge on any atom is -0.480 e. The number of amides is 1. The second kappa shape index (κ2) is 5.22. The molecule has 1 aromatic heterocycles. The van der Waals surface area contributed by atoms with E-state index in [-0.39, 0.29) is 12.3 Å². The normalized spacial score (nSPS) is 22.2. The van der Waals surface area contributed by atoms with Gasteiger partial charge in [0.2, 0.25) is 11.8 Å².